The van der Waals surface area contributed by atoms with E-state index in [0.717, 1.165) is 24.1 Å². The van der Waals surface area contributed by atoms with Gasteiger partial charge in [0.1, 0.15) is 6.04 Å². The maximum Gasteiger partial charge on any atom is 0.248 e. The van der Waals surface area contributed by atoms with E-state index in [1.54, 1.807) is 22.9 Å². The highest BCUT2D eigenvalue weighted by molar-refractivity contribution is 5.84. The molecule has 45 heavy (non-hydrogen) atoms. The Kier molecular flexibility index (Phi) is 9.42. The fraction of sp³-hybridized carbons (Fsp3) is 0.750. The van der Waals surface area contributed by atoms with Gasteiger partial charge in [0.05, 0.1) is 37.2 Å². The summed E-state index contributed by atoms with van der Waals surface area (Å²) in [5.41, 5.74) is 0.952. The molecule has 2 aromatic rings. The number of β-amino-alcohol motifs (C(OH)–C–C–N with tert-alkyl or cyclic N) is 1. The van der Waals surface area contributed by atoms with Gasteiger partial charge in [-0.15, -0.1) is 5.10 Å². The summed E-state index contributed by atoms with van der Waals surface area (Å²) in [7, 11) is 1.64. The topological polar surface area (TPSA) is 148 Å². The highest BCUT2D eigenvalue weighted by atomic mass is 16.5. The molecule has 0 spiro atoms. The standard InChI is InChI=1S/C32H50N8O5/c1-31(2,3)29(39-19-25(35-36-39)20-8-9-20)30(44)38-18-24(41)13-23(38)14-26(42)33-15-21-12-27(43)40(32(4,5)6)28(21)22-16-34-37(17-22)10-11-45-7/h16-17,19-21,23-24,28-29,41H,8-15,18H2,1-7H3,(H,33,42)/t21-,23+,24-,28+,29-/m1/s1. The molecule has 2 N–H and O–H groups in total. The molecular weight excluding hydrogens is 576 g/mol. The molecule has 5 atom stereocenters. The lowest BCUT2D eigenvalue weighted by Crippen LogP contribution is -2.47. The number of methoxy groups -OCH3 is 1. The number of rotatable bonds is 11. The quantitative estimate of drug-likeness (QED) is 0.387. The van der Waals surface area contributed by atoms with E-state index in [2.05, 4.69) is 20.7 Å². The van der Waals surface area contributed by atoms with Crippen molar-refractivity contribution in [3.63, 3.8) is 0 Å². The highest BCUT2D eigenvalue weighted by Gasteiger charge is 2.47. The Morgan fingerprint density at radius 1 is 1.16 bits per heavy atom. The van der Waals surface area contributed by atoms with Gasteiger partial charge >= 0.3 is 0 Å². The number of carbonyl (C=O) groups is 3. The van der Waals surface area contributed by atoms with Crippen molar-refractivity contribution < 1.29 is 24.2 Å². The molecule has 2 saturated heterocycles. The number of hydrogen-bond donors (Lipinski definition) is 2. The van der Waals surface area contributed by atoms with Crippen molar-refractivity contribution in [3.8, 4) is 0 Å². The van der Waals surface area contributed by atoms with Crippen LogP contribution in [0.4, 0.5) is 0 Å². The molecule has 248 valence electrons. The summed E-state index contributed by atoms with van der Waals surface area (Å²) in [5, 5.41) is 26.8. The highest BCUT2D eigenvalue weighted by Crippen LogP contribution is 2.43. The molecule has 2 aliphatic heterocycles. The first kappa shape index (κ1) is 33.1. The second-order valence-corrected chi connectivity index (χ2v) is 15.1. The lowest BCUT2D eigenvalue weighted by Gasteiger charge is -2.38. The summed E-state index contributed by atoms with van der Waals surface area (Å²) in [4.78, 5) is 44.3. The van der Waals surface area contributed by atoms with Gasteiger partial charge in [-0.3, -0.25) is 19.1 Å². The Bertz CT molecular complexity index is 1370. The van der Waals surface area contributed by atoms with Crippen LogP contribution in [0.3, 0.4) is 0 Å². The number of nitrogens with zero attached hydrogens (tertiary/aromatic N) is 7. The third kappa shape index (κ3) is 7.40. The van der Waals surface area contributed by atoms with E-state index < -0.39 is 29.1 Å². The Morgan fingerprint density at radius 3 is 2.53 bits per heavy atom. The Labute approximate surface area is 265 Å². The molecule has 5 rings (SSSR count). The molecule has 1 saturated carbocycles. The normalized spacial score (nSPS) is 24.8. The van der Waals surface area contributed by atoms with Crippen LogP contribution in [0.5, 0.6) is 0 Å². The van der Waals surface area contributed by atoms with E-state index in [0.29, 0.717) is 38.5 Å². The van der Waals surface area contributed by atoms with Crippen LogP contribution in [-0.4, -0.2) is 102 Å². The SMILES string of the molecule is COCCn1cc([C@@H]2[C@@H](CNC(=O)C[C@@H]3C[C@@H](O)CN3C(=O)[C@@H](n3cc(C4CC4)nn3)C(C)(C)C)CC(=O)N2C(C)(C)C)cn1. The molecule has 0 radical (unpaired) electrons. The van der Waals surface area contributed by atoms with E-state index in [1.165, 1.54) is 0 Å². The minimum absolute atomic E-state index is 0.0400. The zero-order chi connectivity index (χ0) is 32.7. The van der Waals surface area contributed by atoms with Gasteiger partial charge in [0.15, 0.2) is 0 Å². The van der Waals surface area contributed by atoms with Gasteiger partial charge in [0.2, 0.25) is 17.7 Å². The number of amides is 3. The van der Waals surface area contributed by atoms with Crippen LogP contribution in [0.25, 0.3) is 0 Å². The lowest BCUT2D eigenvalue weighted by atomic mass is 9.85. The van der Waals surface area contributed by atoms with Crippen molar-refractivity contribution in [2.24, 2.45) is 11.3 Å². The number of ether oxygens (including phenoxy) is 1. The van der Waals surface area contributed by atoms with Gasteiger partial charge in [-0.2, -0.15) is 5.10 Å². The molecule has 1 aliphatic carbocycles. The van der Waals surface area contributed by atoms with Crippen LogP contribution in [0, 0.1) is 11.3 Å². The third-order valence-corrected chi connectivity index (χ3v) is 9.17. The molecule has 0 aromatic carbocycles. The van der Waals surface area contributed by atoms with Gasteiger partial charge in [0.25, 0.3) is 0 Å². The second-order valence-electron chi connectivity index (χ2n) is 15.1. The van der Waals surface area contributed by atoms with Gasteiger partial charge in [-0.1, -0.05) is 26.0 Å². The molecule has 2 aromatic heterocycles. The fourth-order valence-corrected chi connectivity index (χ4v) is 6.94. The van der Waals surface area contributed by atoms with Crippen molar-refractivity contribution in [2.75, 3.05) is 26.8 Å². The van der Waals surface area contributed by atoms with Gasteiger partial charge in [-0.05, 0) is 45.4 Å². The van der Waals surface area contributed by atoms with Crippen LogP contribution >= 0.6 is 0 Å². The summed E-state index contributed by atoms with van der Waals surface area (Å²) in [5.74, 6) is -0.0789. The molecule has 3 amide bonds. The zero-order valence-electron chi connectivity index (χ0n) is 27.8. The monoisotopic (exact) mass is 626 g/mol. The predicted octanol–water partition coefficient (Wildman–Crippen LogP) is 2.44. The molecule has 13 heteroatoms. The van der Waals surface area contributed by atoms with E-state index in [9.17, 15) is 19.5 Å². The number of carbonyl (C=O) groups excluding carboxylic acids is 3. The Hall–Kier alpha value is -3.32. The number of likely N-dealkylation sites (tertiary alicyclic amines) is 2. The summed E-state index contributed by atoms with van der Waals surface area (Å²) in [6, 6.07) is -1.31. The van der Waals surface area contributed by atoms with Gasteiger partial charge in [-0.25, -0.2) is 4.68 Å². The smallest absolute Gasteiger partial charge is 0.248 e. The fourth-order valence-electron chi connectivity index (χ4n) is 6.94. The minimum atomic E-state index is -0.711. The van der Waals surface area contributed by atoms with Crippen molar-refractivity contribution in [1.29, 1.82) is 0 Å². The second kappa shape index (κ2) is 12.8. The van der Waals surface area contributed by atoms with Crippen LogP contribution in [0.1, 0.15) is 103 Å². The number of aromatic nitrogens is 5. The molecular formula is C32H50N8O5. The van der Waals surface area contributed by atoms with Crippen LogP contribution in [0.2, 0.25) is 0 Å². The summed E-state index contributed by atoms with van der Waals surface area (Å²) in [6.07, 6.45) is 7.79. The van der Waals surface area contributed by atoms with Crippen molar-refractivity contribution in [1.82, 2.24) is 39.9 Å². The minimum Gasteiger partial charge on any atom is -0.391 e. The predicted molar refractivity (Wildman–Crippen MR) is 166 cm³/mol. The summed E-state index contributed by atoms with van der Waals surface area (Å²) >= 11 is 0. The van der Waals surface area contributed by atoms with Crippen LogP contribution in [0.15, 0.2) is 18.6 Å². The Morgan fingerprint density at radius 2 is 1.89 bits per heavy atom. The first-order chi connectivity index (χ1) is 21.2. The van der Waals surface area contributed by atoms with Gasteiger partial charge < -0.3 is 25.0 Å². The average molecular weight is 627 g/mol. The zero-order valence-corrected chi connectivity index (χ0v) is 27.8. The third-order valence-electron chi connectivity index (χ3n) is 9.17. The molecule has 3 fully saturated rings. The van der Waals surface area contributed by atoms with Crippen molar-refractivity contribution in [2.45, 2.75) is 116 Å². The first-order valence-electron chi connectivity index (χ1n) is 16.2. The van der Waals surface area contributed by atoms with E-state index in [1.807, 2.05) is 63.5 Å². The Balaban J connectivity index is 1.27. The number of aliphatic hydroxyl groups excluding tert-OH is 1. The van der Waals surface area contributed by atoms with Crippen LogP contribution in [-0.2, 0) is 25.7 Å². The van der Waals surface area contributed by atoms with E-state index in [-0.39, 0.29) is 42.6 Å². The maximum absolute atomic E-state index is 14.1. The lowest BCUT2D eigenvalue weighted by molar-refractivity contribution is -0.140. The van der Waals surface area contributed by atoms with E-state index >= 15 is 0 Å². The van der Waals surface area contributed by atoms with Crippen LogP contribution < -0.4 is 5.32 Å². The molecule has 0 unspecified atom stereocenters. The number of nitrogens with one attached hydrogen (secondary N) is 1. The maximum atomic E-state index is 14.1. The molecule has 4 heterocycles. The largest absolute Gasteiger partial charge is 0.391 e. The average Bonchev–Trinajstić information content (AvgIpc) is 3.25. The summed E-state index contributed by atoms with van der Waals surface area (Å²) in [6.45, 7) is 13.6. The number of hydrogen-bond acceptors (Lipinski definition) is 8. The molecule has 13 nitrogen and oxygen atoms in total. The van der Waals surface area contributed by atoms with Crippen molar-refractivity contribution >= 4 is 17.7 Å². The van der Waals surface area contributed by atoms with Gasteiger partial charge in [0, 0.05) is 74.4 Å². The van der Waals surface area contributed by atoms with Crippen molar-refractivity contribution in [3.05, 3.63) is 29.8 Å². The molecule has 0 bridgehead atoms. The summed E-state index contributed by atoms with van der Waals surface area (Å²) < 4.78 is 8.66. The molecule has 3 aliphatic rings. The first-order valence-corrected chi connectivity index (χ1v) is 16.2. The van der Waals surface area contributed by atoms with E-state index in [4.69, 9.17) is 4.74 Å². The number of aliphatic hydroxyl groups is 1.